The van der Waals surface area contributed by atoms with E-state index in [1.54, 1.807) is 54.5 Å². The van der Waals surface area contributed by atoms with Gasteiger partial charge in [-0.25, -0.2) is 8.42 Å². The number of fused-ring (bicyclic) bond motifs is 1. The minimum Gasteiger partial charge on any atom is -0.497 e. The molecule has 0 unspecified atom stereocenters. The van der Waals surface area contributed by atoms with E-state index in [0.29, 0.717) is 50.3 Å². The normalized spacial score (nSPS) is 13.5. The van der Waals surface area contributed by atoms with Crippen LogP contribution in [-0.4, -0.2) is 57.8 Å². The van der Waals surface area contributed by atoms with Crippen LogP contribution in [0, 0.1) is 0 Å². The van der Waals surface area contributed by atoms with Crippen molar-refractivity contribution in [3.63, 3.8) is 0 Å². The quantitative estimate of drug-likeness (QED) is 0.519. The second-order valence-electron chi connectivity index (χ2n) is 8.12. The summed E-state index contributed by atoms with van der Waals surface area (Å²) in [6, 6.07) is 11.9. The van der Waals surface area contributed by atoms with E-state index in [-0.39, 0.29) is 16.7 Å². The first-order valence-corrected chi connectivity index (χ1v) is 13.1. The van der Waals surface area contributed by atoms with Crippen LogP contribution in [0.15, 0.2) is 47.4 Å². The van der Waals surface area contributed by atoms with Crippen molar-refractivity contribution in [2.75, 3.05) is 38.2 Å². The van der Waals surface area contributed by atoms with Gasteiger partial charge in [0.2, 0.25) is 15.9 Å². The second kappa shape index (κ2) is 11.5. The maximum absolute atomic E-state index is 12.9. The van der Waals surface area contributed by atoms with Gasteiger partial charge in [-0.2, -0.15) is 4.31 Å². The van der Waals surface area contributed by atoms with Gasteiger partial charge in [0.25, 0.3) is 5.91 Å². The molecular weight excluding hydrogens is 454 g/mol. The zero-order valence-electron chi connectivity index (χ0n) is 20.0. The molecule has 0 atom stereocenters. The van der Waals surface area contributed by atoms with Crippen molar-refractivity contribution in [3.05, 3.63) is 53.6 Å². The Labute approximate surface area is 201 Å². The summed E-state index contributed by atoms with van der Waals surface area (Å²) >= 11 is 0. The highest BCUT2D eigenvalue weighted by Crippen LogP contribution is 2.31. The molecular formula is C25H33N3O5S. The number of sulfonamides is 1. The van der Waals surface area contributed by atoms with Crippen LogP contribution < -0.4 is 15.0 Å². The largest absolute Gasteiger partial charge is 0.497 e. The highest BCUT2D eigenvalue weighted by Gasteiger charge is 2.26. The van der Waals surface area contributed by atoms with E-state index in [4.69, 9.17) is 4.74 Å². The lowest BCUT2D eigenvalue weighted by Crippen LogP contribution is -2.36. The smallest absolute Gasteiger partial charge is 0.251 e. The molecule has 0 saturated heterocycles. The van der Waals surface area contributed by atoms with Crippen molar-refractivity contribution >= 4 is 27.5 Å². The van der Waals surface area contributed by atoms with Crippen molar-refractivity contribution in [1.82, 2.24) is 9.62 Å². The number of rotatable bonds is 10. The average molecular weight is 488 g/mol. The standard InChI is InChI=1S/C25H33N3O5S/c1-4-27(5-2)34(31,32)22-14-15-23-20(18-22)8-7-17-28(23)24(29)9-6-16-26-25(30)19-10-12-21(33-3)13-11-19/h10-15,18H,4-9,16-17H2,1-3H3,(H,26,30). The molecule has 3 rings (SSSR count). The van der Waals surface area contributed by atoms with Gasteiger partial charge in [-0.1, -0.05) is 13.8 Å². The Balaban J connectivity index is 1.59. The van der Waals surface area contributed by atoms with Crippen LogP contribution >= 0.6 is 0 Å². The molecule has 1 aliphatic rings. The second-order valence-corrected chi connectivity index (χ2v) is 10.1. The molecule has 2 aromatic carbocycles. The molecule has 0 bridgehead atoms. The number of nitrogens with zero attached hydrogens (tertiary/aromatic N) is 2. The predicted octanol–water partition coefficient (Wildman–Crippen LogP) is 3.22. The van der Waals surface area contributed by atoms with Gasteiger partial charge in [-0.15, -0.1) is 0 Å². The van der Waals surface area contributed by atoms with E-state index >= 15 is 0 Å². The molecule has 34 heavy (non-hydrogen) atoms. The maximum Gasteiger partial charge on any atom is 0.251 e. The number of methoxy groups -OCH3 is 1. The Hall–Kier alpha value is -2.91. The summed E-state index contributed by atoms with van der Waals surface area (Å²) < 4.78 is 32.3. The number of hydrogen-bond acceptors (Lipinski definition) is 5. The van der Waals surface area contributed by atoms with Gasteiger partial charge in [-0.3, -0.25) is 9.59 Å². The van der Waals surface area contributed by atoms with Crippen LogP contribution in [0.1, 0.15) is 49.0 Å². The van der Waals surface area contributed by atoms with Crippen molar-refractivity contribution in [3.8, 4) is 5.75 Å². The number of anilines is 1. The third kappa shape index (κ3) is 5.77. The number of benzene rings is 2. The summed E-state index contributed by atoms with van der Waals surface area (Å²) in [7, 11) is -1.97. The van der Waals surface area contributed by atoms with Crippen LogP contribution in [0.5, 0.6) is 5.75 Å². The van der Waals surface area contributed by atoms with Crippen LogP contribution in [-0.2, 0) is 21.2 Å². The fourth-order valence-electron chi connectivity index (χ4n) is 4.13. The zero-order chi connectivity index (χ0) is 24.7. The van der Waals surface area contributed by atoms with Crippen molar-refractivity contribution < 1.29 is 22.7 Å². The Bertz CT molecular complexity index is 1110. The summed E-state index contributed by atoms with van der Waals surface area (Å²) in [6.07, 6.45) is 2.32. The molecule has 0 radical (unpaired) electrons. The summed E-state index contributed by atoms with van der Waals surface area (Å²) in [5.41, 5.74) is 2.19. The molecule has 1 N–H and O–H groups in total. The maximum atomic E-state index is 12.9. The SMILES string of the molecule is CCN(CC)S(=O)(=O)c1ccc2c(c1)CCCN2C(=O)CCCNC(=O)c1ccc(OC)cc1. The highest BCUT2D eigenvalue weighted by atomic mass is 32.2. The monoisotopic (exact) mass is 487 g/mol. The Morgan fingerprint density at radius 3 is 2.44 bits per heavy atom. The lowest BCUT2D eigenvalue weighted by atomic mass is 10.0. The molecule has 0 spiro atoms. The average Bonchev–Trinajstić information content (AvgIpc) is 2.86. The third-order valence-electron chi connectivity index (χ3n) is 6.02. The van der Waals surface area contributed by atoms with Gasteiger partial charge in [0.05, 0.1) is 12.0 Å². The molecule has 1 aliphatic heterocycles. The highest BCUT2D eigenvalue weighted by molar-refractivity contribution is 7.89. The van der Waals surface area contributed by atoms with Crippen LogP contribution in [0.4, 0.5) is 5.69 Å². The topological polar surface area (TPSA) is 96.0 Å². The van der Waals surface area contributed by atoms with E-state index in [1.807, 2.05) is 13.8 Å². The first-order chi connectivity index (χ1) is 16.3. The Morgan fingerprint density at radius 1 is 1.09 bits per heavy atom. The first kappa shape index (κ1) is 25.7. The Kier molecular flexibility index (Phi) is 8.68. The predicted molar refractivity (Wildman–Crippen MR) is 132 cm³/mol. The van der Waals surface area contributed by atoms with E-state index in [9.17, 15) is 18.0 Å². The summed E-state index contributed by atoms with van der Waals surface area (Å²) in [4.78, 5) is 27.2. The molecule has 0 aliphatic carbocycles. The van der Waals surface area contributed by atoms with Gasteiger partial charge in [0.1, 0.15) is 5.75 Å². The lowest BCUT2D eigenvalue weighted by molar-refractivity contribution is -0.118. The summed E-state index contributed by atoms with van der Waals surface area (Å²) in [5.74, 6) is 0.459. The Morgan fingerprint density at radius 2 is 1.79 bits per heavy atom. The summed E-state index contributed by atoms with van der Waals surface area (Å²) in [5, 5.41) is 2.84. The van der Waals surface area contributed by atoms with Gasteiger partial charge in [-0.05, 0) is 67.3 Å². The fourth-order valence-corrected chi connectivity index (χ4v) is 5.64. The van der Waals surface area contributed by atoms with Gasteiger partial charge in [0, 0.05) is 43.9 Å². The molecule has 9 heteroatoms. The minimum atomic E-state index is -3.54. The number of ether oxygens (including phenoxy) is 1. The molecule has 0 aromatic heterocycles. The lowest BCUT2D eigenvalue weighted by Gasteiger charge is -2.30. The third-order valence-corrected chi connectivity index (χ3v) is 8.06. The van der Waals surface area contributed by atoms with Crippen molar-refractivity contribution in [2.24, 2.45) is 0 Å². The van der Waals surface area contributed by atoms with Crippen LogP contribution in [0.25, 0.3) is 0 Å². The van der Waals surface area contributed by atoms with Crippen molar-refractivity contribution in [1.29, 1.82) is 0 Å². The van der Waals surface area contributed by atoms with Gasteiger partial charge >= 0.3 is 0 Å². The first-order valence-electron chi connectivity index (χ1n) is 11.7. The minimum absolute atomic E-state index is 0.0287. The number of amides is 2. The van der Waals surface area contributed by atoms with Crippen LogP contribution in [0.3, 0.4) is 0 Å². The number of aryl methyl sites for hydroxylation is 1. The number of carbonyl (C=O) groups is 2. The van der Waals surface area contributed by atoms with Gasteiger partial charge in [0.15, 0.2) is 0 Å². The molecule has 2 aromatic rings. The van der Waals surface area contributed by atoms with E-state index in [2.05, 4.69) is 5.32 Å². The fraction of sp³-hybridized carbons (Fsp3) is 0.440. The number of carbonyl (C=O) groups excluding carboxylic acids is 2. The molecule has 8 nitrogen and oxygen atoms in total. The van der Waals surface area contributed by atoms with E-state index in [1.165, 1.54) is 4.31 Å². The summed E-state index contributed by atoms with van der Waals surface area (Å²) in [6.45, 7) is 5.45. The molecule has 0 fully saturated rings. The van der Waals surface area contributed by atoms with Crippen LogP contribution in [0.2, 0.25) is 0 Å². The number of nitrogens with one attached hydrogen (secondary N) is 1. The zero-order valence-corrected chi connectivity index (χ0v) is 20.9. The van der Waals surface area contributed by atoms with Crippen molar-refractivity contribution in [2.45, 2.75) is 44.4 Å². The molecule has 2 amide bonds. The molecule has 184 valence electrons. The molecule has 1 heterocycles. The van der Waals surface area contributed by atoms with E-state index in [0.717, 1.165) is 24.1 Å². The number of hydrogen-bond donors (Lipinski definition) is 1. The van der Waals surface area contributed by atoms with Gasteiger partial charge < -0.3 is 15.0 Å². The molecule has 0 saturated carbocycles. The van der Waals surface area contributed by atoms with E-state index < -0.39 is 10.0 Å².